The van der Waals surface area contributed by atoms with Crippen molar-refractivity contribution in [2.75, 3.05) is 13.1 Å². The molecule has 1 atom stereocenters. The summed E-state index contributed by atoms with van der Waals surface area (Å²) in [4.78, 5) is 8.31. The lowest BCUT2D eigenvalue weighted by Crippen LogP contribution is -2.11. The van der Waals surface area contributed by atoms with E-state index in [0.29, 0.717) is 0 Å². The molecule has 1 saturated heterocycles. The Kier molecular flexibility index (Phi) is 2.83. The lowest BCUT2D eigenvalue weighted by atomic mass is 10.0. The summed E-state index contributed by atoms with van der Waals surface area (Å²) in [5, 5.41) is 7.44. The van der Waals surface area contributed by atoms with E-state index < -0.39 is 0 Å². The molecule has 1 unspecified atom stereocenters. The number of rotatable bonds is 3. The van der Waals surface area contributed by atoms with Gasteiger partial charge in [-0.2, -0.15) is 5.10 Å². The van der Waals surface area contributed by atoms with Gasteiger partial charge in [0.05, 0.1) is 0 Å². The van der Waals surface area contributed by atoms with Crippen molar-refractivity contribution in [2.24, 2.45) is 5.92 Å². The van der Waals surface area contributed by atoms with Gasteiger partial charge in [-0.05, 0) is 43.5 Å². The molecule has 88 valence electrons. The zero-order valence-corrected chi connectivity index (χ0v) is 9.58. The van der Waals surface area contributed by atoms with Gasteiger partial charge in [0, 0.05) is 6.20 Å². The first-order valence-corrected chi connectivity index (χ1v) is 5.92. The second-order valence-electron chi connectivity index (χ2n) is 4.43. The number of hydrogen-bond donors (Lipinski definition) is 1. The molecule has 1 N–H and O–H groups in total. The lowest BCUT2D eigenvalue weighted by Gasteiger charge is -2.08. The standard InChI is InChI=1S/C12H15N5/c1-2-12(17-9-14-8-16-17)15-7-10(1)5-11-3-4-13-6-11/h1-2,7-9,11,13H,3-6H2. The summed E-state index contributed by atoms with van der Waals surface area (Å²) >= 11 is 0. The van der Waals surface area contributed by atoms with Crippen LogP contribution in [0.15, 0.2) is 31.0 Å². The first-order valence-electron chi connectivity index (χ1n) is 5.92. The summed E-state index contributed by atoms with van der Waals surface area (Å²) in [6, 6.07) is 4.12. The van der Waals surface area contributed by atoms with Crippen molar-refractivity contribution in [1.29, 1.82) is 0 Å². The van der Waals surface area contributed by atoms with Gasteiger partial charge < -0.3 is 5.32 Å². The first-order chi connectivity index (χ1) is 8.42. The van der Waals surface area contributed by atoms with Gasteiger partial charge >= 0.3 is 0 Å². The van der Waals surface area contributed by atoms with Gasteiger partial charge in [-0.3, -0.25) is 0 Å². The number of pyridine rings is 1. The van der Waals surface area contributed by atoms with Gasteiger partial charge in [-0.25, -0.2) is 14.6 Å². The molecule has 0 amide bonds. The number of nitrogens with zero attached hydrogens (tertiary/aromatic N) is 4. The average molecular weight is 229 g/mol. The van der Waals surface area contributed by atoms with Gasteiger partial charge in [0.2, 0.25) is 0 Å². The Morgan fingerprint density at radius 3 is 3.06 bits per heavy atom. The minimum Gasteiger partial charge on any atom is -0.316 e. The van der Waals surface area contributed by atoms with Crippen molar-refractivity contribution in [3.8, 4) is 5.82 Å². The maximum absolute atomic E-state index is 4.40. The van der Waals surface area contributed by atoms with Crippen molar-refractivity contribution >= 4 is 0 Å². The maximum atomic E-state index is 4.40. The van der Waals surface area contributed by atoms with Crippen LogP contribution in [0, 0.1) is 5.92 Å². The highest BCUT2D eigenvalue weighted by atomic mass is 15.3. The zero-order chi connectivity index (χ0) is 11.5. The highest BCUT2D eigenvalue weighted by Crippen LogP contribution is 2.15. The summed E-state index contributed by atoms with van der Waals surface area (Å²) in [5.74, 6) is 1.57. The van der Waals surface area contributed by atoms with Crippen LogP contribution < -0.4 is 5.32 Å². The highest BCUT2D eigenvalue weighted by molar-refractivity contribution is 5.24. The lowest BCUT2D eigenvalue weighted by molar-refractivity contribution is 0.579. The van der Waals surface area contributed by atoms with Crippen LogP contribution in [0.4, 0.5) is 0 Å². The van der Waals surface area contributed by atoms with Crippen LogP contribution >= 0.6 is 0 Å². The van der Waals surface area contributed by atoms with E-state index in [2.05, 4.69) is 26.4 Å². The molecule has 0 aliphatic carbocycles. The second-order valence-corrected chi connectivity index (χ2v) is 4.43. The quantitative estimate of drug-likeness (QED) is 0.846. The molecular formula is C12H15N5. The van der Waals surface area contributed by atoms with E-state index in [0.717, 1.165) is 31.2 Å². The summed E-state index contributed by atoms with van der Waals surface area (Å²) in [5.41, 5.74) is 1.29. The first kappa shape index (κ1) is 10.4. The number of aromatic nitrogens is 4. The molecule has 0 spiro atoms. The minimum atomic E-state index is 0.758. The molecule has 1 fully saturated rings. The van der Waals surface area contributed by atoms with E-state index in [1.165, 1.54) is 18.3 Å². The molecule has 1 aliphatic rings. The Hall–Kier alpha value is -1.75. The molecule has 0 saturated carbocycles. The molecule has 2 aromatic rings. The van der Waals surface area contributed by atoms with Gasteiger partial charge in [0.1, 0.15) is 12.7 Å². The van der Waals surface area contributed by atoms with Crippen LogP contribution in [-0.2, 0) is 6.42 Å². The van der Waals surface area contributed by atoms with E-state index in [1.54, 1.807) is 11.0 Å². The third kappa shape index (κ3) is 2.34. The molecular weight excluding hydrogens is 214 g/mol. The van der Waals surface area contributed by atoms with Crippen LogP contribution in [0.25, 0.3) is 5.82 Å². The molecule has 3 rings (SSSR count). The molecule has 0 radical (unpaired) electrons. The summed E-state index contributed by atoms with van der Waals surface area (Å²) in [6.07, 6.45) is 7.49. The fourth-order valence-corrected chi connectivity index (χ4v) is 2.22. The third-order valence-corrected chi connectivity index (χ3v) is 3.15. The largest absolute Gasteiger partial charge is 0.316 e. The van der Waals surface area contributed by atoms with Gasteiger partial charge in [0.25, 0.3) is 0 Å². The van der Waals surface area contributed by atoms with Crippen molar-refractivity contribution < 1.29 is 0 Å². The van der Waals surface area contributed by atoms with Crippen molar-refractivity contribution in [3.05, 3.63) is 36.5 Å². The number of hydrogen-bond acceptors (Lipinski definition) is 4. The van der Waals surface area contributed by atoms with Crippen LogP contribution in [0.5, 0.6) is 0 Å². The fraction of sp³-hybridized carbons (Fsp3) is 0.417. The smallest absolute Gasteiger partial charge is 0.155 e. The van der Waals surface area contributed by atoms with E-state index in [-0.39, 0.29) is 0 Å². The summed E-state index contributed by atoms with van der Waals surface area (Å²) in [6.45, 7) is 2.28. The predicted octanol–water partition coefficient (Wildman–Crippen LogP) is 0.814. The Morgan fingerprint density at radius 1 is 1.41 bits per heavy atom. The second kappa shape index (κ2) is 4.63. The number of nitrogens with one attached hydrogen (secondary N) is 1. The minimum absolute atomic E-state index is 0.758. The van der Waals surface area contributed by atoms with Gasteiger partial charge in [-0.15, -0.1) is 0 Å². The van der Waals surface area contributed by atoms with E-state index in [1.807, 2.05) is 12.3 Å². The molecule has 0 aromatic carbocycles. The monoisotopic (exact) mass is 229 g/mol. The van der Waals surface area contributed by atoms with Crippen molar-refractivity contribution in [1.82, 2.24) is 25.1 Å². The van der Waals surface area contributed by atoms with E-state index in [9.17, 15) is 0 Å². The molecule has 0 bridgehead atoms. The Balaban J connectivity index is 1.71. The predicted molar refractivity (Wildman–Crippen MR) is 63.8 cm³/mol. The maximum Gasteiger partial charge on any atom is 0.155 e. The van der Waals surface area contributed by atoms with E-state index in [4.69, 9.17) is 0 Å². The molecule has 17 heavy (non-hydrogen) atoms. The molecule has 3 heterocycles. The third-order valence-electron chi connectivity index (χ3n) is 3.15. The summed E-state index contributed by atoms with van der Waals surface area (Å²) < 4.78 is 1.67. The molecule has 5 nitrogen and oxygen atoms in total. The Morgan fingerprint density at radius 2 is 2.41 bits per heavy atom. The normalized spacial score (nSPS) is 19.6. The van der Waals surface area contributed by atoms with Crippen LogP contribution in [0.1, 0.15) is 12.0 Å². The van der Waals surface area contributed by atoms with Crippen molar-refractivity contribution in [2.45, 2.75) is 12.8 Å². The summed E-state index contributed by atoms with van der Waals surface area (Å²) in [7, 11) is 0. The van der Waals surface area contributed by atoms with E-state index >= 15 is 0 Å². The van der Waals surface area contributed by atoms with Crippen LogP contribution in [-0.4, -0.2) is 32.8 Å². The molecule has 5 heteroatoms. The highest BCUT2D eigenvalue weighted by Gasteiger charge is 2.14. The van der Waals surface area contributed by atoms with Gasteiger partial charge in [0.15, 0.2) is 5.82 Å². The molecule has 2 aromatic heterocycles. The fourth-order valence-electron chi connectivity index (χ4n) is 2.22. The van der Waals surface area contributed by atoms with Crippen LogP contribution in [0.2, 0.25) is 0 Å². The average Bonchev–Trinajstić information content (AvgIpc) is 3.01. The molecule has 1 aliphatic heterocycles. The Labute approximate surface area is 99.9 Å². The Bertz CT molecular complexity index is 456. The topological polar surface area (TPSA) is 55.6 Å². The van der Waals surface area contributed by atoms with Gasteiger partial charge in [-0.1, -0.05) is 6.07 Å². The zero-order valence-electron chi connectivity index (χ0n) is 9.58. The van der Waals surface area contributed by atoms with Crippen LogP contribution in [0.3, 0.4) is 0 Å². The van der Waals surface area contributed by atoms with Crippen molar-refractivity contribution in [3.63, 3.8) is 0 Å². The SMILES string of the molecule is c1ncn(-c2ccc(CC3CCNC3)cn2)n1.